The average Bonchev–Trinajstić information content (AvgIpc) is 2.72. The number of aryl methyl sites for hydroxylation is 1. The van der Waals surface area contributed by atoms with Crippen molar-refractivity contribution in [3.8, 4) is 11.4 Å². The Morgan fingerprint density at radius 2 is 1.52 bits per heavy atom. The number of halogens is 1. The summed E-state index contributed by atoms with van der Waals surface area (Å²) in [4.78, 5) is 9.50. The Morgan fingerprint density at radius 3 is 2.26 bits per heavy atom. The molecule has 0 saturated heterocycles. The van der Waals surface area contributed by atoms with Gasteiger partial charge >= 0.3 is 0 Å². The van der Waals surface area contributed by atoms with E-state index in [0.29, 0.717) is 17.4 Å². The highest BCUT2D eigenvalue weighted by molar-refractivity contribution is 6.30. The largest absolute Gasteiger partial charge is 0.365 e. The second kappa shape index (κ2) is 7.77. The first-order valence-corrected chi connectivity index (χ1v) is 9.45. The third kappa shape index (κ3) is 3.93. The van der Waals surface area contributed by atoms with Crippen LogP contribution in [0.15, 0.2) is 72.8 Å². The number of fused-ring (bicyclic) bond motifs is 1. The van der Waals surface area contributed by atoms with Crippen molar-refractivity contribution in [3.05, 3.63) is 88.9 Å². The minimum absolute atomic E-state index is 0.689. The number of benzene rings is 3. The third-order valence-corrected chi connectivity index (χ3v) is 4.85. The van der Waals surface area contributed by atoms with Gasteiger partial charge in [-0.1, -0.05) is 54.9 Å². The van der Waals surface area contributed by atoms with Crippen molar-refractivity contribution in [2.24, 2.45) is 0 Å². The van der Waals surface area contributed by atoms with E-state index >= 15 is 0 Å². The molecule has 1 aromatic heterocycles. The Hall–Kier alpha value is -2.91. The number of aromatic nitrogens is 2. The smallest absolute Gasteiger partial charge is 0.162 e. The van der Waals surface area contributed by atoms with Crippen LogP contribution in [0.4, 0.5) is 5.82 Å². The number of para-hydroxylation sites is 1. The Labute approximate surface area is 164 Å². The molecule has 4 heteroatoms. The maximum absolute atomic E-state index is 6.01. The maximum Gasteiger partial charge on any atom is 0.162 e. The summed E-state index contributed by atoms with van der Waals surface area (Å²) in [6.07, 6.45) is 1.05. The number of hydrogen-bond donors (Lipinski definition) is 1. The van der Waals surface area contributed by atoms with Gasteiger partial charge in [0, 0.05) is 22.5 Å². The second-order valence-corrected chi connectivity index (χ2v) is 6.88. The summed E-state index contributed by atoms with van der Waals surface area (Å²) in [6.45, 7) is 2.88. The van der Waals surface area contributed by atoms with Gasteiger partial charge in [0.15, 0.2) is 5.82 Å². The van der Waals surface area contributed by atoms with Gasteiger partial charge in [-0.15, -0.1) is 0 Å². The van der Waals surface area contributed by atoms with E-state index in [0.717, 1.165) is 28.7 Å². The topological polar surface area (TPSA) is 37.8 Å². The molecule has 0 atom stereocenters. The van der Waals surface area contributed by atoms with E-state index in [1.54, 1.807) is 0 Å². The molecule has 0 aliphatic rings. The van der Waals surface area contributed by atoms with E-state index < -0.39 is 0 Å². The first kappa shape index (κ1) is 17.5. The molecule has 0 radical (unpaired) electrons. The Kier molecular flexibility index (Phi) is 5.03. The van der Waals surface area contributed by atoms with E-state index in [1.165, 1.54) is 11.1 Å². The minimum atomic E-state index is 0.689. The highest BCUT2D eigenvalue weighted by Crippen LogP contribution is 2.26. The van der Waals surface area contributed by atoms with Crippen LogP contribution in [-0.2, 0) is 13.0 Å². The van der Waals surface area contributed by atoms with Gasteiger partial charge in [0.2, 0.25) is 0 Å². The number of hydrogen-bond acceptors (Lipinski definition) is 3. The fourth-order valence-corrected chi connectivity index (χ4v) is 3.14. The lowest BCUT2D eigenvalue weighted by Crippen LogP contribution is -2.04. The van der Waals surface area contributed by atoms with Crippen molar-refractivity contribution in [2.45, 2.75) is 19.9 Å². The van der Waals surface area contributed by atoms with Crippen LogP contribution in [0.3, 0.4) is 0 Å². The van der Waals surface area contributed by atoms with Gasteiger partial charge in [-0.25, -0.2) is 9.97 Å². The summed E-state index contributed by atoms with van der Waals surface area (Å²) >= 11 is 6.01. The van der Waals surface area contributed by atoms with Crippen LogP contribution in [0.1, 0.15) is 18.1 Å². The van der Waals surface area contributed by atoms with Crippen LogP contribution in [0.5, 0.6) is 0 Å². The van der Waals surface area contributed by atoms with Gasteiger partial charge in [0.25, 0.3) is 0 Å². The van der Waals surface area contributed by atoms with Gasteiger partial charge in [-0.3, -0.25) is 0 Å². The van der Waals surface area contributed by atoms with Crippen molar-refractivity contribution in [3.63, 3.8) is 0 Å². The molecule has 1 N–H and O–H groups in total. The summed E-state index contributed by atoms with van der Waals surface area (Å²) in [5.74, 6) is 1.53. The molecule has 0 spiro atoms. The molecule has 0 aliphatic heterocycles. The Bertz CT molecular complexity index is 1060. The van der Waals surface area contributed by atoms with Gasteiger partial charge in [-0.2, -0.15) is 0 Å². The van der Waals surface area contributed by atoms with Crippen molar-refractivity contribution in [1.29, 1.82) is 0 Å². The minimum Gasteiger partial charge on any atom is -0.365 e. The van der Waals surface area contributed by atoms with E-state index in [4.69, 9.17) is 21.6 Å². The standard InChI is InChI=1S/C23H20ClN3/c1-2-16-7-9-17(10-8-16)15-25-23-20-5-3-4-6-21(20)26-22(27-23)18-11-13-19(24)14-12-18/h3-14H,2,15H2,1H3,(H,25,26,27). The first-order valence-electron chi connectivity index (χ1n) is 9.07. The monoisotopic (exact) mass is 373 g/mol. The highest BCUT2D eigenvalue weighted by Gasteiger charge is 2.09. The normalized spacial score (nSPS) is 10.9. The van der Waals surface area contributed by atoms with E-state index in [-0.39, 0.29) is 0 Å². The molecule has 0 unspecified atom stereocenters. The number of rotatable bonds is 5. The van der Waals surface area contributed by atoms with Crippen LogP contribution in [-0.4, -0.2) is 9.97 Å². The van der Waals surface area contributed by atoms with E-state index in [2.05, 4.69) is 36.5 Å². The molecule has 3 aromatic carbocycles. The molecule has 134 valence electrons. The molecule has 0 fully saturated rings. The maximum atomic E-state index is 6.01. The molecule has 0 aliphatic carbocycles. The molecule has 4 rings (SSSR count). The van der Waals surface area contributed by atoms with Crippen LogP contribution in [0, 0.1) is 0 Å². The summed E-state index contributed by atoms with van der Waals surface area (Å²) in [7, 11) is 0. The van der Waals surface area contributed by atoms with Gasteiger partial charge in [-0.05, 0) is 53.9 Å². The van der Waals surface area contributed by atoms with Crippen molar-refractivity contribution >= 4 is 28.3 Å². The molecule has 1 heterocycles. The van der Waals surface area contributed by atoms with Gasteiger partial charge < -0.3 is 5.32 Å². The lowest BCUT2D eigenvalue weighted by atomic mass is 10.1. The quantitative estimate of drug-likeness (QED) is 0.457. The molecular weight excluding hydrogens is 354 g/mol. The van der Waals surface area contributed by atoms with Crippen LogP contribution in [0.25, 0.3) is 22.3 Å². The second-order valence-electron chi connectivity index (χ2n) is 6.44. The van der Waals surface area contributed by atoms with Gasteiger partial charge in [0.05, 0.1) is 5.52 Å². The Balaban J connectivity index is 1.68. The van der Waals surface area contributed by atoms with E-state index in [9.17, 15) is 0 Å². The molecule has 0 amide bonds. The zero-order valence-electron chi connectivity index (χ0n) is 15.1. The number of nitrogens with zero attached hydrogens (tertiary/aromatic N) is 2. The zero-order valence-corrected chi connectivity index (χ0v) is 15.9. The molecular formula is C23H20ClN3. The van der Waals surface area contributed by atoms with Crippen molar-refractivity contribution < 1.29 is 0 Å². The summed E-state index contributed by atoms with van der Waals surface area (Å²) in [5, 5.41) is 5.20. The van der Waals surface area contributed by atoms with Gasteiger partial charge in [0.1, 0.15) is 5.82 Å². The fraction of sp³-hybridized carbons (Fsp3) is 0.130. The molecule has 3 nitrogen and oxygen atoms in total. The summed E-state index contributed by atoms with van der Waals surface area (Å²) in [5.41, 5.74) is 4.43. The number of nitrogens with one attached hydrogen (secondary N) is 1. The summed E-state index contributed by atoms with van der Waals surface area (Å²) < 4.78 is 0. The molecule has 4 aromatic rings. The summed E-state index contributed by atoms with van der Waals surface area (Å²) in [6, 6.07) is 24.3. The first-order chi connectivity index (χ1) is 13.2. The van der Waals surface area contributed by atoms with Crippen LogP contribution in [0.2, 0.25) is 5.02 Å². The predicted molar refractivity (Wildman–Crippen MR) is 113 cm³/mol. The van der Waals surface area contributed by atoms with Crippen LogP contribution >= 0.6 is 11.6 Å². The molecule has 0 saturated carbocycles. The predicted octanol–water partition coefficient (Wildman–Crippen LogP) is 6.12. The molecule has 0 bridgehead atoms. The lowest BCUT2D eigenvalue weighted by molar-refractivity contribution is 1.09. The van der Waals surface area contributed by atoms with Crippen LogP contribution < -0.4 is 5.32 Å². The van der Waals surface area contributed by atoms with Crippen molar-refractivity contribution in [2.75, 3.05) is 5.32 Å². The Morgan fingerprint density at radius 1 is 0.815 bits per heavy atom. The zero-order chi connectivity index (χ0) is 18.6. The fourth-order valence-electron chi connectivity index (χ4n) is 3.02. The lowest BCUT2D eigenvalue weighted by Gasteiger charge is -2.11. The average molecular weight is 374 g/mol. The highest BCUT2D eigenvalue weighted by atomic mass is 35.5. The third-order valence-electron chi connectivity index (χ3n) is 4.60. The molecule has 27 heavy (non-hydrogen) atoms. The number of anilines is 1. The van der Waals surface area contributed by atoms with E-state index in [1.807, 2.05) is 48.5 Å². The van der Waals surface area contributed by atoms with Crippen molar-refractivity contribution in [1.82, 2.24) is 9.97 Å². The SMILES string of the molecule is CCc1ccc(CNc2nc(-c3ccc(Cl)cc3)nc3ccccc23)cc1.